The van der Waals surface area contributed by atoms with Crippen LogP contribution in [-0.4, -0.2) is 15.0 Å². The van der Waals surface area contributed by atoms with Crippen LogP contribution in [0.15, 0.2) is 29.0 Å². The van der Waals surface area contributed by atoms with Crippen molar-refractivity contribution in [3.8, 4) is 0 Å². The van der Waals surface area contributed by atoms with Crippen LogP contribution in [0.1, 0.15) is 11.5 Å². The Balaban J connectivity index is 2.09. The Morgan fingerprint density at radius 2 is 2.24 bits per heavy atom. The van der Waals surface area contributed by atoms with Gasteiger partial charge in [0.2, 0.25) is 0 Å². The zero-order valence-electron chi connectivity index (χ0n) is 9.11. The maximum atomic E-state index is 5.97. The van der Waals surface area contributed by atoms with E-state index in [2.05, 4.69) is 36.2 Å². The highest BCUT2D eigenvalue weighted by molar-refractivity contribution is 9.10. The predicted molar refractivity (Wildman–Crippen MR) is 71.0 cm³/mol. The fraction of sp³-hybridized carbons (Fsp3) is 0.182. The van der Waals surface area contributed by atoms with Gasteiger partial charge in [-0.15, -0.1) is 0 Å². The highest BCUT2D eigenvalue weighted by atomic mass is 79.9. The first-order valence-electron chi connectivity index (χ1n) is 4.98. The van der Waals surface area contributed by atoms with Gasteiger partial charge in [-0.05, 0) is 35.0 Å². The molecule has 0 unspecified atom stereocenters. The highest BCUT2D eigenvalue weighted by Crippen LogP contribution is 2.23. The van der Waals surface area contributed by atoms with Crippen molar-refractivity contribution in [3.63, 3.8) is 0 Å². The maximum Gasteiger partial charge on any atom is 0.152 e. The summed E-state index contributed by atoms with van der Waals surface area (Å²) < 4.78 is 0.878. The van der Waals surface area contributed by atoms with E-state index in [-0.39, 0.29) is 0 Å². The second-order valence-electron chi connectivity index (χ2n) is 3.44. The average Bonchev–Trinajstić information content (AvgIpc) is 2.30. The lowest BCUT2D eigenvalue weighted by molar-refractivity contribution is 0.954. The van der Waals surface area contributed by atoms with Crippen LogP contribution < -0.4 is 5.32 Å². The molecule has 2 aromatic rings. The monoisotopic (exact) mass is 312 g/mol. The second kappa shape index (κ2) is 5.42. The van der Waals surface area contributed by atoms with Crippen molar-refractivity contribution >= 4 is 33.2 Å². The van der Waals surface area contributed by atoms with Crippen LogP contribution in [0.3, 0.4) is 0 Å². The van der Waals surface area contributed by atoms with Crippen molar-refractivity contribution in [2.45, 2.75) is 13.5 Å². The zero-order valence-corrected chi connectivity index (χ0v) is 11.5. The van der Waals surface area contributed by atoms with Crippen LogP contribution in [0.25, 0.3) is 0 Å². The first-order chi connectivity index (χ1) is 8.15. The van der Waals surface area contributed by atoms with E-state index in [1.54, 1.807) is 12.4 Å². The molecular formula is C11H10BrClN4. The standard InChI is InChI=1S/C11H10BrClN4/c1-7-14-3-2-9(17-7)6-15-10-4-8(12)5-16-11(10)13/h2-5,15H,6H2,1H3. The quantitative estimate of drug-likeness (QED) is 0.884. The number of nitrogens with one attached hydrogen (secondary N) is 1. The minimum atomic E-state index is 0.443. The van der Waals surface area contributed by atoms with Gasteiger partial charge in [0, 0.05) is 16.9 Å². The summed E-state index contributed by atoms with van der Waals surface area (Å²) in [7, 11) is 0. The molecule has 2 rings (SSSR count). The molecule has 4 nitrogen and oxygen atoms in total. The van der Waals surface area contributed by atoms with E-state index in [0.29, 0.717) is 11.7 Å². The number of rotatable bonds is 3. The minimum absolute atomic E-state index is 0.443. The lowest BCUT2D eigenvalue weighted by Crippen LogP contribution is -2.04. The zero-order chi connectivity index (χ0) is 12.3. The summed E-state index contributed by atoms with van der Waals surface area (Å²) in [6.45, 7) is 2.44. The van der Waals surface area contributed by atoms with Gasteiger partial charge in [-0.1, -0.05) is 11.6 Å². The van der Waals surface area contributed by atoms with Crippen molar-refractivity contribution < 1.29 is 0 Å². The topological polar surface area (TPSA) is 50.7 Å². The minimum Gasteiger partial charge on any atom is -0.377 e. The molecule has 0 radical (unpaired) electrons. The van der Waals surface area contributed by atoms with E-state index in [1.165, 1.54) is 0 Å². The maximum absolute atomic E-state index is 5.97. The van der Waals surface area contributed by atoms with E-state index in [9.17, 15) is 0 Å². The molecule has 0 bridgehead atoms. The van der Waals surface area contributed by atoms with Gasteiger partial charge in [0.15, 0.2) is 5.15 Å². The van der Waals surface area contributed by atoms with Crippen LogP contribution in [-0.2, 0) is 6.54 Å². The number of anilines is 1. The van der Waals surface area contributed by atoms with E-state index in [0.717, 1.165) is 21.7 Å². The van der Waals surface area contributed by atoms with E-state index in [1.807, 2.05) is 19.1 Å². The lowest BCUT2D eigenvalue weighted by Gasteiger charge is -2.07. The second-order valence-corrected chi connectivity index (χ2v) is 4.71. The fourth-order valence-electron chi connectivity index (χ4n) is 1.34. The van der Waals surface area contributed by atoms with Crippen LogP contribution in [0.5, 0.6) is 0 Å². The van der Waals surface area contributed by atoms with Gasteiger partial charge >= 0.3 is 0 Å². The molecule has 0 saturated carbocycles. The number of hydrogen-bond donors (Lipinski definition) is 1. The molecule has 0 aliphatic carbocycles. The molecule has 88 valence electrons. The van der Waals surface area contributed by atoms with Crippen LogP contribution in [0.2, 0.25) is 5.15 Å². The lowest BCUT2D eigenvalue weighted by atomic mass is 10.3. The molecule has 17 heavy (non-hydrogen) atoms. The van der Waals surface area contributed by atoms with E-state index in [4.69, 9.17) is 11.6 Å². The highest BCUT2D eigenvalue weighted by Gasteiger charge is 2.03. The molecule has 2 aromatic heterocycles. The van der Waals surface area contributed by atoms with Crippen molar-refractivity contribution in [1.29, 1.82) is 0 Å². The molecule has 1 N–H and O–H groups in total. The van der Waals surface area contributed by atoms with E-state index < -0.39 is 0 Å². The summed E-state index contributed by atoms with van der Waals surface area (Å²) in [6, 6.07) is 3.74. The Labute approximate surface area is 113 Å². The smallest absolute Gasteiger partial charge is 0.152 e. The molecule has 0 aromatic carbocycles. The normalized spacial score (nSPS) is 10.3. The number of hydrogen-bond acceptors (Lipinski definition) is 4. The van der Waals surface area contributed by atoms with Crippen LogP contribution in [0, 0.1) is 6.92 Å². The first-order valence-corrected chi connectivity index (χ1v) is 6.15. The van der Waals surface area contributed by atoms with E-state index >= 15 is 0 Å². The molecule has 0 aliphatic heterocycles. The van der Waals surface area contributed by atoms with Gasteiger partial charge < -0.3 is 5.32 Å². The average molecular weight is 314 g/mol. The SMILES string of the molecule is Cc1nccc(CNc2cc(Br)cnc2Cl)n1. The Kier molecular flexibility index (Phi) is 3.91. The Morgan fingerprint density at radius 1 is 1.41 bits per heavy atom. The number of aromatic nitrogens is 3. The molecule has 2 heterocycles. The van der Waals surface area contributed by atoms with Crippen molar-refractivity contribution in [3.05, 3.63) is 45.7 Å². The van der Waals surface area contributed by atoms with Gasteiger partial charge in [-0.25, -0.2) is 15.0 Å². The first kappa shape index (κ1) is 12.3. The third kappa shape index (κ3) is 3.38. The Morgan fingerprint density at radius 3 is 3.00 bits per heavy atom. The molecule has 0 atom stereocenters. The summed E-state index contributed by atoms with van der Waals surface area (Å²) >= 11 is 9.31. The third-order valence-electron chi connectivity index (χ3n) is 2.10. The molecule has 0 saturated heterocycles. The largest absolute Gasteiger partial charge is 0.377 e. The van der Waals surface area contributed by atoms with Crippen molar-refractivity contribution in [2.24, 2.45) is 0 Å². The van der Waals surface area contributed by atoms with Crippen LogP contribution >= 0.6 is 27.5 Å². The fourth-order valence-corrected chi connectivity index (χ4v) is 1.84. The van der Waals surface area contributed by atoms with Gasteiger partial charge in [-0.3, -0.25) is 0 Å². The van der Waals surface area contributed by atoms with Crippen molar-refractivity contribution in [2.75, 3.05) is 5.32 Å². The van der Waals surface area contributed by atoms with Crippen molar-refractivity contribution in [1.82, 2.24) is 15.0 Å². The molecule has 0 fully saturated rings. The molecule has 0 spiro atoms. The predicted octanol–water partition coefficient (Wildman–Crippen LogP) is 3.21. The summed E-state index contributed by atoms with van der Waals surface area (Å²) in [5, 5.41) is 3.63. The number of aryl methyl sites for hydroxylation is 1. The van der Waals surface area contributed by atoms with Gasteiger partial charge in [0.1, 0.15) is 5.82 Å². The van der Waals surface area contributed by atoms with Gasteiger partial charge in [-0.2, -0.15) is 0 Å². The van der Waals surface area contributed by atoms with Crippen LogP contribution in [0.4, 0.5) is 5.69 Å². The summed E-state index contributed by atoms with van der Waals surface area (Å²) in [5.41, 5.74) is 1.69. The Bertz CT molecular complexity index is 533. The Hall–Kier alpha value is -1.20. The summed E-state index contributed by atoms with van der Waals surface area (Å²) in [5.74, 6) is 0.753. The molecule has 0 aliphatic rings. The third-order valence-corrected chi connectivity index (χ3v) is 2.83. The summed E-state index contributed by atoms with van der Waals surface area (Å²) in [4.78, 5) is 12.4. The number of pyridine rings is 1. The number of nitrogens with zero attached hydrogens (tertiary/aromatic N) is 3. The summed E-state index contributed by atoms with van der Waals surface area (Å²) in [6.07, 6.45) is 3.39. The van der Waals surface area contributed by atoms with Gasteiger partial charge in [0.25, 0.3) is 0 Å². The molecular weight excluding hydrogens is 304 g/mol. The molecule has 6 heteroatoms. The molecule has 0 amide bonds. The number of halogens is 2. The van der Waals surface area contributed by atoms with Gasteiger partial charge in [0.05, 0.1) is 17.9 Å².